The van der Waals surface area contributed by atoms with Gasteiger partial charge in [-0.15, -0.1) is 11.3 Å². The normalized spacial score (nSPS) is 21.2. The third-order valence-corrected chi connectivity index (χ3v) is 8.04. The fraction of sp³-hybridized carbons (Fsp3) is 0.500. The number of alkyl halides is 3. The second-order valence-corrected chi connectivity index (χ2v) is 10.2. The third kappa shape index (κ3) is 4.04. The highest BCUT2D eigenvalue weighted by Crippen LogP contribution is 2.38. The lowest BCUT2D eigenvalue weighted by atomic mass is 9.99. The molecule has 1 aliphatic rings. The molecule has 0 aliphatic carbocycles. The number of anilines is 2. The average molecular weight is 451 g/mol. The summed E-state index contributed by atoms with van der Waals surface area (Å²) < 4.78 is 65.8. The summed E-state index contributed by atoms with van der Waals surface area (Å²) in [5.74, 6) is 0.164. The maximum absolute atomic E-state index is 12.9. The number of aromatic nitrogens is 2. The molecule has 1 fully saturated rings. The van der Waals surface area contributed by atoms with Crippen molar-refractivity contribution >= 4 is 32.3 Å². The van der Waals surface area contributed by atoms with Crippen LogP contribution < -0.4 is 10.6 Å². The van der Waals surface area contributed by atoms with E-state index in [0.717, 1.165) is 23.7 Å². The van der Waals surface area contributed by atoms with Crippen LogP contribution in [0.5, 0.6) is 0 Å². The van der Waals surface area contributed by atoms with E-state index >= 15 is 0 Å². The number of sulfonamides is 1. The van der Waals surface area contributed by atoms with Gasteiger partial charge in [-0.3, -0.25) is 0 Å². The SMILES string of the molecule is C[C@H]1CN(S(=O)(=O)c2ccc(N)s2)CCN1c1ncc(C(C)(O)C(F)(F)F)cn1. The van der Waals surface area contributed by atoms with Crippen LogP contribution in [-0.2, 0) is 15.6 Å². The van der Waals surface area contributed by atoms with Crippen molar-refractivity contribution in [2.24, 2.45) is 0 Å². The van der Waals surface area contributed by atoms with Crippen LogP contribution >= 0.6 is 11.3 Å². The van der Waals surface area contributed by atoms with Crippen LogP contribution in [0.3, 0.4) is 0 Å². The van der Waals surface area contributed by atoms with E-state index in [-0.39, 0.29) is 35.8 Å². The third-order valence-electron chi connectivity index (χ3n) is 4.80. The molecule has 29 heavy (non-hydrogen) atoms. The van der Waals surface area contributed by atoms with Crippen molar-refractivity contribution in [1.29, 1.82) is 0 Å². The van der Waals surface area contributed by atoms with Gasteiger partial charge in [-0.2, -0.15) is 17.5 Å². The zero-order valence-electron chi connectivity index (χ0n) is 15.6. The van der Waals surface area contributed by atoms with E-state index in [4.69, 9.17) is 5.73 Å². The average Bonchev–Trinajstić information content (AvgIpc) is 3.08. The van der Waals surface area contributed by atoms with E-state index in [1.807, 2.05) is 0 Å². The molecule has 2 aromatic rings. The van der Waals surface area contributed by atoms with Gasteiger partial charge in [0.2, 0.25) is 5.95 Å². The van der Waals surface area contributed by atoms with Gasteiger partial charge in [-0.1, -0.05) is 0 Å². The van der Waals surface area contributed by atoms with Crippen LogP contribution in [-0.4, -0.2) is 59.6 Å². The molecule has 3 rings (SSSR count). The summed E-state index contributed by atoms with van der Waals surface area (Å²) in [4.78, 5) is 9.62. The molecule has 0 aromatic carbocycles. The van der Waals surface area contributed by atoms with E-state index in [9.17, 15) is 26.7 Å². The summed E-state index contributed by atoms with van der Waals surface area (Å²) in [7, 11) is -3.68. The maximum Gasteiger partial charge on any atom is 0.421 e. The van der Waals surface area contributed by atoms with E-state index in [0.29, 0.717) is 11.9 Å². The number of rotatable bonds is 4. The second kappa shape index (κ2) is 7.38. The number of nitrogens with two attached hydrogens (primary N) is 1. The van der Waals surface area contributed by atoms with Crippen LogP contribution in [0, 0.1) is 0 Å². The van der Waals surface area contributed by atoms with Gasteiger partial charge in [-0.05, 0) is 26.0 Å². The molecule has 0 radical (unpaired) electrons. The fourth-order valence-corrected chi connectivity index (χ4v) is 5.68. The van der Waals surface area contributed by atoms with Gasteiger partial charge in [0.25, 0.3) is 10.0 Å². The smallest absolute Gasteiger partial charge is 0.391 e. The highest BCUT2D eigenvalue weighted by atomic mass is 32.2. The van der Waals surface area contributed by atoms with E-state index < -0.39 is 27.4 Å². The first kappa shape index (κ1) is 21.7. The van der Waals surface area contributed by atoms with Crippen molar-refractivity contribution in [1.82, 2.24) is 14.3 Å². The summed E-state index contributed by atoms with van der Waals surface area (Å²) in [6.45, 7) is 2.99. The largest absolute Gasteiger partial charge is 0.421 e. The lowest BCUT2D eigenvalue weighted by molar-refractivity contribution is -0.259. The summed E-state index contributed by atoms with van der Waals surface area (Å²) in [6, 6.07) is 2.67. The topological polar surface area (TPSA) is 113 Å². The van der Waals surface area contributed by atoms with Gasteiger partial charge < -0.3 is 15.7 Å². The lowest BCUT2D eigenvalue weighted by Crippen LogP contribution is -2.54. The molecule has 2 aromatic heterocycles. The zero-order chi connectivity index (χ0) is 21.6. The summed E-state index contributed by atoms with van der Waals surface area (Å²) in [5.41, 5.74) is 2.09. The van der Waals surface area contributed by atoms with Crippen LogP contribution in [0.1, 0.15) is 19.4 Å². The molecule has 8 nitrogen and oxygen atoms in total. The molecule has 0 saturated carbocycles. The van der Waals surface area contributed by atoms with Crippen molar-refractivity contribution in [2.75, 3.05) is 30.3 Å². The Hall–Kier alpha value is -1.96. The first-order chi connectivity index (χ1) is 13.3. The molecule has 0 amide bonds. The molecule has 2 atom stereocenters. The Labute approximate surface area is 169 Å². The van der Waals surface area contributed by atoms with Crippen LogP contribution in [0.2, 0.25) is 0 Å². The number of halogens is 3. The van der Waals surface area contributed by atoms with Gasteiger partial charge in [-0.25, -0.2) is 18.4 Å². The molecule has 160 valence electrons. The van der Waals surface area contributed by atoms with Gasteiger partial charge >= 0.3 is 6.18 Å². The lowest BCUT2D eigenvalue weighted by Gasteiger charge is -2.39. The van der Waals surface area contributed by atoms with Crippen LogP contribution in [0.25, 0.3) is 0 Å². The van der Waals surface area contributed by atoms with Crippen LogP contribution in [0.4, 0.5) is 24.1 Å². The number of thiophene rings is 1. The van der Waals surface area contributed by atoms with Crippen molar-refractivity contribution < 1.29 is 26.7 Å². The summed E-state index contributed by atoms with van der Waals surface area (Å²) in [5, 5.41) is 10.1. The standard InChI is InChI=1S/C16H20F3N5O3S2/c1-10-9-23(29(26,27)13-4-3-12(20)28-13)5-6-24(10)14-21-7-11(8-22-14)15(2,25)16(17,18)19/h3-4,7-8,10,25H,5-6,9,20H2,1-2H3/t10-,15?/m0/s1. The minimum absolute atomic E-state index is 0.158. The number of hydrogen-bond acceptors (Lipinski definition) is 8. The van der Waals surface area contributed by atoms with Gasteiger partial charge in [0, 0.05) is 43.6 Å². The van der Waals surface area contributed by atoms with Gasteiger partial charge in [0.15, 0.2) is 5.60 Å². The highest BCUT2D eigenvalue weighted by molar-refractivity contribution is 7.91. The highest BCUT2D eigenvalue weighted by Gasteiger charge is 2.51. The quantitative estimate of drug-likeness (QED) is 0.729. The molecular weight excluding hydrogens is 431 g/mol. The maximum atomic E-state index is 12.9. The molecule has 1 aliphatic heterocycles. The fourth-order valence-electron chi connectivity index (χ4n) is 2.92. The van der Waals surface area contributed by atoms with Crippen molar-refractivity contribution in [2.45, 2.75) is 35.9 Å². The van der Waals surface area contributed by atoms with Gasteiger partial charge in [0.1, 0.15) is 4.21 Å². The molecular formula is C16H20F3N5O3S2. The van der Waals surface area contributed by atoms with E-state index in [1.54, 1.807) is 11.8 Å². The predicted octanol–water partition coefficient (Wildman–Crippen LogP) is 1.79. The summed E-state index contributed by atoms with van der Waals surface area (Å²) in [6.07, 6.45) is -3.00. The number of hydrogen-bond donors (Lipinski definition) is 2. The van der Waals surface area contributed by atoms with E-state index in [1.165, 1.54) is 16.4 Å². The molecule has 3 heterocycles. The molecule has 0 spiro atoms. The first-order valence-corrected chi connectivity index (χ1v) is 10.8. The van der Waals surface area contributed by atoms with E-state index in [2.05, 4.69) is 9.97 Å². The minimum atomic E-state index is -4.86. The predicted molar refractivity (Wildman–Crippen MR) is 102 cm³/mol. The number of aliphatic hydroxyl groups is 1. The molecule has 1 unspecified atom stereocenters. The molecule has 1 saturated heterocycles. The van der Waals surface area contributed by atoms with Crippen molar-refractivity contribution in [3.8, 4) is 0 Å². The Kier molecular flexibility index (Phi) is 5.53. The molecule has 13 heteroatoms. The Morgan fingerprint density at radius 3 is 2.34 bits per heavy atom. The Balaban J connectivity index is 1.75. The Morgan fingerprint density at radius 1 is 1.24 bits per heavy atom. The van der Waals surface area contributed by atoms with Crippen LogP contribution in [0.15, 0.2) is 28.7 Å². The number of nitrogens with zero attached hydrogens (tertiary/aromatic N) is 4. The monoisotopic (exact) mass is 451 g/mol. The summed E-state index contributed by atoms with van der Waals surface area (Å²) >= 11 is 0.987. The number of piperazine rings is 1. The van der Waals surface area contributed by atoms with Gasteiger partial charge in [0.05, 0.1) is 5.00 Å². The molecule has 3 N–H and O–H groups in total. The number of nitrogen functional groups attached to an aromatic ring is 1. The minimum Gasteiger partial charge on any atom is -0.391 e. The zero-order valence-corrected chi connectivity index (χ0v) is 17.2. The Morgan fingerprint density at radius 2 is 1.86 bits per heavy atom. The second-order valence-electron chi connectivity index (χ2n) is 6.90. The van der Waals surface area contributed by atoms with Crippen molar-refractivity contribution in [3.63, 3.8) is 0 Å². The Bertz CT molecular complexity index is 976. The van der Waals surface area contributed by atoms with Crippen molar-refractivity contribution in [3.05, 3.63) is 30.1 Å². The first-order valence-electron chi connectivity index (χ1n) is 8.58. The molecule has 0 bridgehead atoms.